The highest BCUT2D eigenvalue weighted by atomic mass is 19.1. The van der Waals surface area contributed by atoms with Crippen LogP contribution in [0.15, 0.2) is 48.5 Å². The quantitative estimate of drug-likeness (QED) is 0.831. The van der Waals surface area contributed by atoms with E-state index in [-0.39, 0.29) is 29.3 Å². The minimum Gasteiger partial charge on any atom is -0.326 e. The molecule has 2 aromatic carbocycles. The molecule has 0 aromatic heterocycles. The maximum Gasteiger partial charge on any atom is 0.232 e. The molecule has 0 radical (unpaired) electrons. The molecule has 0 spiro atoms. The summed E-state index contributed by atoms with van der Waals surface area (Å²) in [4.78, 5) is 23.9. The first kappa shape index (κ1) is 16.9. The lowest BCUT2D eigenvalue weighted by atomic mass is 9.87. The maximum atomic E-state index is 13.1. The first-order valence-corrected chi connectivity index (χ1v) is 7.56. The van der Waals surface area contributed by atoms with Crippen molar-refractivity contribution in [1.29, 1.82) is 0 Å². The van der Waals surface area contributed by atoms with Crippen LogP contribution in [0.2, 0.25) is 0 Å². The molecular formula is C19H20FNO2. The Balaban J connectivity index is 2.18. The van der Waals surface area contributed by atoms with Crippen LogP contribution >= 0.6 is 0 Å². The summed E-state index contributed by atoms with van der Waals surface area (Å²) in [6.45, 7) is 5.40. The number of benzene rings is 2. The number of nitrogens with one attached hydrogen (secondary N) is 1. The fraction of sp³-hybridized carbons (Fsp3) is 0.263. The zero-order chi connectivity index (χ0) is 17.0. The van der Waals surface area contributed by atoms with Crippen LogP contribution in [0.25, 0.3) is 0 Å². The predicted octanol–water partition coefficient (Wildman–Crippen LogP) is 4.41. The van der Waals surface area contributed by atoms with Crippen molar-refractivity contribution in [3.05, 3.63) is 65.5 Å². The van der Waals surface area contributed by atoms with E-state index in [1.54, 1.807) is 36.4 Å². The molecule has 0 saturated carbocycles. The van der Waals surface area contributed by atoms with Crippen LogP contribution in [0.4, 0.5) is 10.1 Å². The summed E-state index contributed by atoms with van der Waals surface area (Å²) in [6.07, 6.45) is 0. The molecule has 0 saturated heterocycles. The van der Waals surface area contributed by atoms with E-state index in [0.717, 1.165) is 5.56 Å². The van der Waals surface area contributed by atoms with Crippen LogP contribution in [0.3, 0.4) is 0 Å². The molecule has 0 aliphatic heterocycles. The minimum absolute atomic E-state index is 0.0192. The molecule has 120 valence electrons. The average Bonchev–Trinajstić information content (AvgIpc) is 2.49. The summed E-state index contributed by atoms with van der Waals surface area (Å²) in [6, 6.07) is 12.8. The van der Waals surface area contributed by atoms with Crippen LogP contribution in [-0.4, -0.2) is 11.7 Å². The monoisotopic (exact) mass is 313 g/mol. The molecule has 23 heavy (non-hydrogen) atoms. The van der Waals surface area contributed by atoms with E-state index in [1.165, 1.54) is 19.1 Å². The molecule has 0 heterocycles. The predicted molar refractivity (Wildman–Crippen MR) is 89.1 cm³/mol. The SMILES string of the molecule is CC(=O)c1ccc(NC(=O)C(c2ccc(F)cc2)C(C)C)cc1. The second kappa shape index (κ2) is 7.18. The first-order chi connectivity index (χ1) is 10.9. The molecule has 1 N–H and O–H groups in total. The molecule has 3 nitrogen and oxygen atoms in total. The Labute approximate surface area is 135 Å². The molecule has 1 amide bonds. The molecule has 1 unspecified atom stereocenters. The molecule has 4 heteroatoms. The number of carbonyl (C=O) groups excluding carboxylic acids is 2. The Hall–Kier alpha value is -2.49. The van der Waals surface area contributed by atoms with Gasteiger partial charge in [0.25, 0.3) is 0 Å². The largest absolute Gasteiger partial charge is 0.326 e. The Morgan fingerprint density at radius 2 is 1.52 bits per heavy atom. The van der Waals surface area contributed by atoms with Crippen molar-refractivity contribution >= 4 is 17.4 Å². The van der Waals surface area contributed by atoms with Gasteiger partial charge in [-0.05, 0) is 54.8 Å². The van der Waals surface area contributed by atoms with Gasteiger partial charge < -0.3 is 5.32 Å². The Bertz CT molecular complexity index is 690. The number of hydrogen-bond donors (Lipinski definition) is 1. The molecular weight excluding hydrogens is 293 g/mol. The van der Waals surface area contributed by atoms with Gasteiger partial charge in [-0.15, -0.1) is 0 Å². The molecule has 0 aliphatic carbocycles. The maximum absolute atomic E-state index is 13.1. The van der Waals surface area contributed by atoms with Gasteiger partial charge in [0.15, 0.2) is 5.78 Å². The molecule has 2 rings (SSSR count). The van der Waals surface area contributed by atoms with E-state index in [1.807, 2.05) is 13.8 Å². The summed E-state index contributed by atoms with van der Waals surface area (Å²) >= 11 is 0. The Kier molecular flexibility index (Phi) is 5.27. The summed E-state index contributed by atoms with van der Waals surface area (Å²) in [5.41, 5.74) is 2.01. The highest BCUT2D eigenvalue weighted by molar-refractivity contribution is 5.97. The number of anilines is 1. The van der Waals surface area contributed by atoms with Crippen molar-refractivity contribution in [1.82, 2.24) is 0 Å². The highest BCUT2D eigenvalue weighted by Crippen LogP contribution is 2.26. The van der Waals surface area contributed by atoms with Crippen molar-refractivity contribution in [2.24, 2.45) is 5.92 Å². The van der Waals surface area contributed by atoms with Crippen LogP contribution < -0.4 is 5.32 Å². The van der Waals surface area contributed by atoms with Gasteiger partial charge in [-0.2, -0.15) is 0 Å². The number of rotatable bonds is 5. The molecule has 0 bridgehead atoms. The van der Waals surface area contributed by atoms with Gasteiger partial charge in [-0.3, -0.25) is 9.59 Å². The third-order valence-electron chi connectivity index (χ3n) is 3.74. The lowest BCUT2D eigenvalue weighted by molar-refractivity contribution is -0.118. The standard InChI is InChI=1S/C19H20FNO2/c1-12(2)18(15-4-8-16(20)9-5-15)19(23)21-17-10-6-14(7-11-17)13(3)22/h4-12,18H,1-3H3,(H,21,23). The molecule has 2 aromatic rings. The van der Waals surface area contributed by atoms with Gasteiger partial charge in [-0.25, -0.2) is 4.39 Å². The minimum atomic E-state index is -0.372. The van der Waals surface area contributed by atoms with Gasteiger partial charge >= 0.3 is 0 Å². The number of amides is 1. The lowest BCUT2D eigenvalue weighted by Crippen LogP contribution is -2.25. The van der Waals surface area contributed by atoms with E-state index >= 15 is 0 Å². The zero-order valence-electron chi connectivity index (χ0n) is 13.5. The summed E-state index contributed by atoms with van der Waals surface area (Å²) in [5.74, 6) is -0.798. The summed E-state index contributed by atoms with van der Waals surface area (Å²) in [5, 5.41) is 2.86. The second-order valence-corrected chi connectivity index (χ2v) is 5.90. The van der Waals surface area contributed by atoms with Crippen LogP contribution in [-0.2, 0) is 4.79 Å². The summed E-state index contributed by atoms with van der Waals surface area (Å²) < 4.78 is 13.1. The van der Waals surface area contributed by atoms with Crippen LogP contribution in [0.5, 0.6) is 0 Å². The van der Waals surface area contributed by atoms with Crippen molar-refractivity contribution in [3.8, 4) is 0 Å². The topological polar surface area (TPSA) is 46.2 Å². The van der Waals surface area contributed by atoms with Crippen molar-refractivity contribution in [3.63, 3.8) is 0 Å². The van der Waals surface area contributed by atoms with E-state index in [9.17, 15) is 14.0 Å². The normalized spacial score (nSPS) is 12.0. The van der Waals surface area contributed by atoms with Crippen LogP contribution in [0.1, 0.15) is 42.6 Å². The van der Waals surface area contributed by atoms with E-state index in [2.05, 4.69) is 5.32 Å². The highest BCUT2D eigenvalue weighted by Gasteiger charge is 2.24. The number of halogens is 1. The molecule has 0 aliphatic rings. The van der Waals surface area contributed by atoms with E-state index in [4.69, 9.17) is 0 Å². The Morgan fingerprint density at radius 1 is 0.957 bits per heavy atom. The fourth-order valence-corrected chi connectivity index (χ4v) is 2.52. The number of Topliss-reactive ketones (excluding diaryl/α,β-unsaturated/α-hetero) is 1. The van der Waals surface area contributed by atoms with E-state index in [0.29, 0.717) is 11.3 Å². The Morgan fingerprint density at radius 3 is 2.00 bits per heavy atom. The van der Waals surface area contributed by atoms with Gasteiger partial charge in [0, 0.05) is 11.3 Å². The third-order valence-corrected chi connectivity index (χ3v) is 3.74. The zero-order valence-corrected chi connectivity index (χ0v) is 13.5. The first-order valence-electron chi connectivity index (χ1n) is 7.56. The molecule has 1 atom stereocenters. The van der Waals surface area contributed by atoms with Gasteiger partial charge in [-0.1, -0.05) is 26.0 Å². The lowest BCUT2D eigenvalue weighted by Gasteiger charge is -2.21. The van der Waals surface area contributed by atoms with Crippen molar-refractivity contribution in [2.75, 3.05) is 5.32 Å². The van der Waals surface area contributed by atoms with Gasteiger partial charge in [0.2, 0.25) is 5.91 Å². The van der Waals surface area contributed by atoms with Gasteiger partial charge in [0.1, 0.15) is 5.82 Å². The summed E-state index contributed by atoms with van der Waals surface area (Å²) in [7, 11) is 0. The number of hydrogen-bond acceptors (Lipinski definition) is 2. The smallest absolute Gasteiger partial charge is 0.232 e. The van der Waals surface area contributed by atoms with E-state index < -0.39 is 0 Å². The van der Waals surface area contributed by atoms with Crippen molar-refractivity contribution < 1.29 is 14.0 Å². The number of ketones is 1. The number of carbonyl (C=O) groups is 2. The third kappa shape index (κ3) is 4.25. The van der Waals surface area contributed by atoms with Gasteiger partial charge in [0.05, 0.1) is 5.92 Å². The molecule has 0 fully saturated rings. The van der Waals surface area contributed by atoms with Crippen molar-refractivity contribution in [2.45, 2.75) is 26.7 Å². The second-order valence-electron chi connectivity index (χ2n) is 5.90. The average molecular weight is 313 g/mol. The fourth-order valence-electron chi connectivity index (χ4n) is 2.52. The van der Waals surface area contributed by atoms with Crippen LogP contribution in [0, 0.1) is 11.7 Å².